The van der Waals surface area contributed by atoms with Crippen molar-refractivity contribution in [1.29, 1.82) is 0 Å². The van der Waals surface area contributed by atoms with Gasteiger partial charge < -0.3 is 20.7 Å². The quantitative estimate of drug-likeness (QED) is 0.300. The summed E-state index contributed by atoms with van der Waals surface area (Å²) in [6.45, 7) is 4.78. The zero-order chi connectivity index (χ0) is 23.7. The molecule has 1 aliphatic rings. The molecule has 3 atom stereocenters. The SMILES string of the molecule is Cc1cc2[nH]cnc2cc1C(=O)N[C@H](C)c1cccc(-c2ccc(CNC3CC[C@@H](O)C3)s2)c1. The lowest BCUT2D eigenvalue weighted by atomic mass is 10.0. The Kier molecular flexibility index (Phi) is 6.50. The lowest BCUT2D eigenvalue weighted by Crippen LogP contribution is -2.27. The number of benzene rings is 2. The molecule has 1 amide bonds. The maximum absolute atomic E-state index is 13.0. The maximum atomic E-state index is 13.0. The van der Waals surface area contributed by atoms with Gasteiger partial charge in [-0.25, -0.2) is 4.98 Å². The number of carbonyl (C=O) groups is 1. The highest BCUT2D eigenvalue weighted by Gasteiger charge is 2.22. The molecule has 6 nitrogen and oxygen atoms in total. The summed E-state index contributed by atoms with van der Waals surface area (Å²) < 4.78 is 0. The fraction of sp³-hybridized carbons (Fsp3) is 0.333. The normalized spacial score (nSPS) is 18.9. The smallest absolute Gasteiger partial charge is 0.252 e. The van der Waals surface area contributed by atoms with Crippen LogP contribution in [0.5, 0.6) is 0 Å². The van der Waals surface area contributed by atoms with Crippen LogP contribution in [0.3, 0.4) is 0 Å². The van der Waals surface area contributed by atoms with E-state index in [-0.39, 0.29) is 18.1 Å². The Hall–Kier alpha value is -3.00. The van der Waals surface area contributed by atoms with Gasteiger partial charge >= 0.3 is 0 Å². The van der Waals surface area contributed by atoms with Gasteiger partial charge in [0.1, 0.15) is 0 Å². The van der Waals surface area contributed by atoms with E-state index < -0.39 is 0 Å². The molecule has 0 saturated heterocycles. The van der Waals surface area contributed by atoms with E-state index in [4.69, 9.17) is 0 Å². The first-order valence-electron chi connectivity index (χ1n) is 11.8. The number of aliphatic hydroxyl groups excluding tert-OH is 1. The van der Waals surface area contributed by atoms with Gasteiger partial charge in [0.25, 0.3) is 5.91 Å². The third kappa shape index (κ3) is 4.92. The molecule has 2 heterocycles. The lowest BCUT2D eigenvalue weighted by molar-refractivity contribution is 0.0939. The molecule has 0 aliphatic heterocycles. The van der Waals surface area contributed by atoms with Gasteiger partial charge in [0.2, 0.25) is 0 Å². The van der Waals surface area contributed by atoms with Crippen LogP contribution >= 0.6 is 11.3 Å². The zero-order valence-corrected chi connectivity index (χ0v) is 20.3. The predicted octanol–water partition coefficient (Wildman–Crippen LogP) is 5.09. The number of aromatic amines is 1. The first-order valence-corrected chi connectivity index (χ1v) is 12.6. The van der Waals surface area contributed by atoms with E-state index in [0.29, 0.717) is 11.6 Å². The molecule has 0 bridgehead atoms. The van der Waals surface area contributed by atoms with Crippen LogP contribution in [0, 0.1) is 6.92 Å². The molecule has 1 fully saturated rings. The maximum Gasteiger partial charge on any atom is 0.252 e. The number of carbonyl (C=O) groups excluding carboxylic acids is 1. The number of hydrogen-bond acceptors (Lipinski definition) is 5. The Labute approximate surface area is 203 Å². The topological polar surface area (TPSA) is 90.0 Å². The average molecular weight is 475 g/mol. The van der Waals surface area contributed by atoms with Gasteiger partial charge in [-0.1, -0.05) is 18.2 Å². The minimum Gasteiger partial charge on any atom is -0.393 e. The molecule has 34 heavy (non-hydrogen) atoms. The third-order valence-corrected chi connectivity index (χ3v) is 7.80. The number of imidazole rings is 1. The molecule has 1 aliphatic carbocycles. The number of H-pyrrole nitrogens is 1. The van der Waals surface area contributed by atoms with E-state index in [2.05, 4.69) is 50.9 Å². The summed E-state index contributed by atoms with van der Waals surface area (Å²) >= 11 is 1.78. The van der Waals surface area contributed by atoms with Crippen LogP contribution in [-0.4, -0.2) is 33.1 Å². The van der Waals surface area contributed by atoms with Crippen molar-refractivity contribution in [3.63, 3.8) is 0 Å². The van der Waals surface area contributed by atoms with Crippen LogP contribution in [0.15, 0.2) is 54.9 Å². The summed E-state index contributed by atoms with van der Waals surface area (Å²) in [7, 11) is 0. The van der Waals surface area contributed by atoms with E-state index in [1.807, 2.05) is 32.0 Å². The van der Waals surface area contributed by atoms with E-state index >= 15 is 0 Å². The minimum absolute atomic E-state index is 0.0955. The number of rotatable bonds is 7. The summed E-state index contributed by atoms with van der Waals surface area (Å²) in [5.41, 5.74) is 5.51. The van der Waals surface area contributed by atoms with E-state index in [9.17, 15) is 9.90 Å². The fourth-order valence-electron chi connectivity index (χ4n) is 4.67. The number of hydrogen-bond donors (Lipinski definition) is 4. The largest absolute Gasteiger partial charge is 0.393 e. The summed E-state index contributed by atoms with van der Waals surface area (Å²) in [5, 5.41) is 16.4. The molecule has 2 aromatic heterocycles. The van der Waals surface area contributed by atoms with E-state index in [1.54, 1.807) is 17.7 Å². The summed E-state index contributed by atoms with van der Waals surface area (Å²) in [4.78, 5) is 22.9. The highest BCUT2D eigenvalue weighted by atomic mass is 32.1. The summed E-state index contributed by atoms with van der Waals surface area (Å²) in [5.74, 6) is -0.0955. The van der Waals surface area contributed by atoms with Crippen LogP contribution in [0.25, 0.3) is 21.5 Å². The molecular weight excluding hydrogens is 444 g/mol. The van der Waals surface area contributed by atoms with E-state index in [1.165, 1.54) is 9.75 Å². The van der Waals surface area contributed by atoms with Crippen molar-refractivity contribution in [2.45, 2.75) is 57.8 Å². The number of aliphatic hydroxyl groups is 1. The second-order valence-corrected chi connectivity index (χ2v) is 10.4. The number of amides is 1. The molecule has 5 rings (SSSR count). The summed E-state index contributed by atoms with van der Waals surface area (Å²) in [6.07, 6.45) is 4.27. The number of nitrogens with zero attached hydrogens (tertiary/aromatic N) is 1. The van der Waals surface area contributed by atoms with Crippen LogP contribution in [0.2, 0.25) is 0 Å². The van der Waals surface area contributed by atoms with Crippen molar-refractivity contribution in [2.75, 3.05) is 0 Å². The van der Waals surface area contributed by atoms with Crippen LogP contribution in [-0.2, 0) is 6.54 Å². The average Bonchev–Trinajstić information content (AvgIpc) is 3.58. The van der Waals surface area contributed by atoms with Gasteiger partial charge in [-0.3, -0.25) is 4.79 Å². The monoisotopic (exact) mass is 474 g/mol. The highest BCUT2D eigenvalue weighted by Crippen LogP contribution is 2.30. The Bertz CT molecular complexity index is 1310. The molecule has 1 saturated carbocycles. The third-order valence-electron chi connectivity index (χ3n) is 6.66. The second-order valence-electron chi connectivity index (χ2n) is 9.22. The van der Waals surface area contributed by atoms with Crippen molar-refractivity contribution in [3.05, 3.63) is 76.4 Å². The molecule has 1 unspecified atom stereocenters. The van der Waals surface area contributed by atoms with Gasteiger partial charge in [-0.05, 0) is 80.1 Å². The predicted molar refractivity (Wildman–Crippen MR) is 137 cm³/mol. The number of nitrogens with one attached hydrogen (secondary N) is 3. The van der Waals surface area contributed by atoms with Gasteiger partial charge in [0.05, 0.1) is 29.5 Å². The molecule has 0 spiro atoms. The number of fused-ring (bicyclic) bond motifs is 1. The molecule has 0 radical (unpaired) electrons. The standard InChI is InChI=1S/C27H30N4O2S/c1-16-10-24-25(30-15-29-24)13-23(16)27(33)31-17(2)18-4-3-5-19(11-18)26-9-8-22(34-26)14-28-20-6-7-21(32)12-20/h3-5,8-11,13,15,17,20-21,28,32H,6-7,12,14H2,1-2H3,(H,29,30)(H,31,33)/t17-,20?,21-/m1/s1. The molecule has 4 N–H and O–H groups in total. The molecular formula is C27H30N4O2S. The second kappa shape index (κ2) is 9.70. The highest BCUT2D eigenvalue weighted by molar-refractivity contribution is 7.15. The van der Waals surface area contributed by atoms with Crippen LogP contribution < -0.4 is 10.6 Å². The Balaban J connectivity index is 1.25. The van der Waals surface area contributed by atoms with Gasteiger partial charge in [-0.2, -0.15) is 0 Å². The van der Waals surface area contributed by atoms with Crippen LogP contribution in [0.4, 0.5) is 0 Å². The Morgan fingerprint density at radius 2 is 2.12 bits per heavy atom. The van der Waals surface area contributed by atoms with Crippen molar-refractivity contribution in [2.24, 2.45) is 0 Å². The number of aromatic nitrogens is 2. The van der Waals surface area contributed by atoms with E-state index in [0.717, 1.165) is 53.5 Å². The molecule has 7 heteroatoms. The summed E-state index contributed by atoms with van der Waals surface area (Å²) in [6, 6.07) is 16.8. The zero-order valence-electron chi connectivity index (χ0n) is 19.5. The first-order chi connectivity index (χ1) is 16.5. The minimum atomic E-state index is -0.154. The van der Waals surface area contributed by atoms with Crippen molar-refractivity contribution in [1.82, 2.24) is 20.6 Å². The molecule has 4 aromatic rings. The van der Waals surface area contributed by atoms with Crippen LogP contribution in [0.1, 0.15) is 58.6 Å². The van der Waals surface area contributed by atoms with Gasteiger partial charge in [0, 0.05) is 27.9 Å². The number of thiophene rings is 1. The fourth-order valence-corrected chi connectivity index (χ4v) is 5.62. The molecule has 176 valence electrons. The lowest BCUT2D eigenvalue weighted by Gasteiger charge is -2.16. The van der Waals surface area contributed by atoms with Crippen molar-refractivity contribution >= 4 is 28.3 Å². The Morgan fingerprint density at radius 1 is 1.24 bits per heavy atom. The van der Waals surface area contributed by atoms with Gasteiger partial charge in [-0.15, -0.1) is 11.3 Å². The van der Waals surface area contributed by atoms with Crippen molar-refractivity contribution in [3.8, 4) is 10.4 Å². The number of aryl methyl sites for hydroxylation is 1. The Morgan fingerprint density at radius 3 is 2.94 bits per heavy atom. The van der Waals surface area contributed by atoms with Gasteiger partial charge in [0.15, 0.2) is 0 Å². The van der Waals surface area contributed by atoms with Crippen molar-refractivity contribution < 1.29 is 9.90 Å². The molecule has 2 aromatic carbocycles. The first kappa shape index (κ1) is 22.8.